The van der Waals surface area contributed by atoms with E-state index in [1.807, 2.05) is 38.2 Å². The summed E-state index contributed by atoms with van der Waals surface area (Å²) in [5.74, 6) is 0.868. The summed E-state index contributed by atoms with van der Waals surface area (Å²) in [5, 5.41) is 3.85. The number of halogens is 1. The highest BCUT2D eigenvalue weighted by molar-refractivity contribution is 6.31. The number of rotatable bonds is 3. The van der Waals surface area contributed by atoms with Crippen LogP contribution in [0.5, 0.6) is 5.75 Å². The van der Waals surface area contributed by atoms with Crippen LogP contribution >= 0.6 is 11.6 Å². The van der Waals surface area contributed by atoms with Gasteiger partial charge in [0.05, 0.1) is 7.11 Å². The fourth-order valence-electron chi connectivity index (χ4n) is 2.06. The van der Waals surface area contributed by atoms with Crippen LogP contribution in [0.15, 0.2) is 36.4 Å². The van der Waals surface area contributed by atoms with E-state index in [0.717, 1.165) is 33.1 Å². The molecule has 0 fully saturated rings. The second-order valence-corrected chi connectivity index (χ2v) is 4.57. The van der Waals surface area contributed by atoms with Gasteiger partial charge in [-0.2, -0.15) is 0 Å². The Labute approximate surface area is 113 Å². The topological polar surface area (TPSA) is 21.3 Å². The van der Waals surface area contributed by atoms with Gasteiger partial charge in [0.2, 0.25) is 0 Å². The summed E-state index contributed by atoms with van der Waals surface area (Å²) in [4.78, 5) is 0. The first-order valence-electron chi connectivity index (χ1n) is 5.78. The Bertz CT molecular complexity index is 566. The van der Waals surface area contributed by atoms with Crippen molar-refractivity contribution in [3.8, 4) is 16.9 Å². The van der Waals surface area contributed by atoms with Crippen LogP contribution < -0.4 is 10.1 Å². The maximum atomic E-state index is 6.13. The molecule has 18 heavy (non-hydrogen) atoms. The smallest absolute Gasteiger partial charge is 0.129 e. The second-order valence-electron chi connectivity index (χ2n) is 4.13. The highest BCUT2D eigenvalue weighted by Gasteiger charge is 2.10. The predicted octanol–water partition coefficient (Wildman–Crippen LogP) is 4.37. The van der Waals surface area contributed by atoms with Crippen LogP contribution in [-0.2, 0) is 0 Å². The number of ether oxygens (including phenoxy) is 1. The van der Waals surface area contributed by atoms with E-state index in [9.17, 15) is 0 Å². The number of hydrogen-bond donors (Lipinski definition) is 1. The van der Waals surface area contributed by atoms with Crippen LogP contribution in [-0.4, -0.2) is 14.2 Å². The number of hydrogen-bond acceptors (Lipinski definition) is 2. The molecule has 2 aromatic rings. The second kappa shape index (κ2) is 5.32. The molecule has 0 aliphatic carbocycles. The summed E-state index contributed by atoms with van der Waals surface area (Å²) >= 11 is 6.13. The van der Waals surface area contributed by atoms with Crippen LogP contribution in [0.3, 0.4) is 0 Å². The first kappa shape index (κ1) is 12.8. The fraction of sp³-hybridized carbons (Fsp3) is 0.200. The normalized spacial score (nSPS) is 10.2. The van der Waals surface area contributed by atoms with Gasteiger partial charge >= 0.3 is 0 Å². The summed E-state index contributed by atoms with van der Waals surface area (Å²) in [5.41, 5.74) is 4.20. The highest BCUT2D eigenvalue weighted by Crippen LogP contribution is 2.36. The molecular weight excluding hydrogens is 246 g/mol. The first-order chi connectivity index (χ1) is 8.65. The molecule has 0 radical (unpaired) electrons. The van der Waals surface area contributed by atoms with Crippen molar-refractivity contribution in [2.75, 3.05) is 19.5 Å². The predicted molar refractivity (Wildman–Crippen MR) is 77.7 cm³/mol. The van der Waals surface area contributed by atoms with Crippen LogP contribution in [0.1, 0.15) is 5.56 Å². The summed E-state index contributed by atoms with van der Waals surface area (Å²) in [6, 6.07) is 12.0. The molecule has 0 saturated heterocycles. The SMILES string of the molecule is CNc1cccc(-c2cc(Cl)cc(C)c2OC)c1. The van der Waals surface area contributed by atoms with Gasteiger partial charge in [-0.15, -0.1) is 0 Å². The average molecular weight is 262 g/mol. The number of nitrogens with one attached hydrogen (secondary N) is 1. The first-order valence-corrected chi connectivity index (χ1v) is 6.16. The zero-order chi connectivity index (χ0) is 13.1. The van der Waals surface area contributed by atoms with Gasteiger partial charge in [0.25, 0.3) is 0 Å². The maximum Gasteiger partial charge on any atom is 0.129 e. The van der Waals surface area contributed by atoms with Crippen molar-refractivity contribution in [3.05, 3.63) is 47.0 Å². The molecule has 0 aromatic heterocycles. The minimum absolute atomic E-state index is 0.721. The lowest BCUT2D eigenvalue weighted by atomic mass is 10.0. The molecule has 94 valence electrons. The molecule has 2 nitrogen and oxygen atoms in total. The quantitative estimate of drug-likeness (QED) is 0.886. The van der Waals surface area contributed by atoms with E-state index in [1.165, 1.54) is 0 Å². The van der Waals surface area contributed by atoms with E-state index in [4.69, 9.17) is 16.3 Å². The molecule has 3 heteroatoms. The van der Waals surface area contributed by atoms with E-state index in [0.29, 0.717) is 0 Å². The molecule has 0 aliphatic heterocycles. The Morgan fingerprint density at radius 2 is 1.94 bits per heavy atom. The Balaban J connectivity index is 2.61. The molecular formula is C15H16ClNO. The van der Waals surface area contributed by atoms with Crippen LogP contribution in [0, 0.1) is 6.92 Å². The fourth-order valence-corrected chi connectivity index (χ4v) is 2.33. The number of anilines is 1. The van der Waals surface area contributed by atoms with Crippen molar-refractivity contribution in [3.63, 3.8) is 0 Å². The molecule has 0 amide bonds. The molecule has 2 aromatic carbocycles. The van der Waals surface area contributed by atoms with Gasteiger partial charge in [0, 0.05) is 23.3 Å². The van der Waals surface area contributed by atoms with Gasteiger partial charge in [0.15, 0.2) is 0 Å². The Hall–Kier alpha value is -1.67. The van der Waals surface area contributed by atoms with E-state index in [1.54, 1.807) is 7.11 Å². The van der Waals surface area contributed by atoms with Gasteiger partial charge in [-0.05, 0) is 42.3 Å². The molecule has 0 bridgehead atoms. The summed E-state index contributed by atoms with van der Waals surface area (Å²) in [6.07, 6.45) is 0. The molecule has 0 unspecified atom stereocenters. The van der Waals surface area contributed by atoms with E-state index in [2.05, 4.69) is 17.4 Å². The monoisotopic (exact) mass is 261 g/mol. The van der Waals surface area contributed by atoms with Crippen molar-refractivity contribution in [2.45, 2.75) is 6.92 Å². The van der Waals surface area contributed by atoms with Crippen LogP contribution in [0.4, 0.5) is 5.69 Å². The van der Waals surface area contributed by atoms with Gasteiger partial charge in [-0.3, -0.25) is 0 Å². The van der Waals surface area contributed by atoms with Crippen molar-refractivity contribution < 1.29 is 4.74 Å². The molecule has 1 N–H and O–H groups in total. The lowest BCUT2D eigenvalue weighted by Gasteiger charge is -2.13. The third-order valence-corrected chi connectivity index (χ3v) is 3.12. The van der Waals surface area contributed by atoms with E-state index >= 15 is 0 Å². The molecule has 0 heterocycles. The van der Waals surface area contributed by atoms with Gasteiger partial charge in [0.1, 0.15) is 5.75 Å². The zero-order valence-electron chi connectivity index (χ0n) is 10.8. The standard InChI is InChI=1S/C15H16ClNO/c1-10-7-12(16)9-14(15(10)18-3)11-5-4-6-13(8-11)17-2/h4-9,17H,1-3H3. The van der Waals surface area contributed by atoms with Crippen LogP contribution in [0.2, 0.25) is 5.02 Å². The van der Waals surface area contributed by atoms with Crippen molar-refractivity contribution in [1.82, 2.24) is 0 Å². The van der Waals surface area contributed by atoms with Crippen molar-refractivity contribution in [2.24, 2.45) is 0 Å². The molecule has 0 saturated carbocycles. The summed E-state index contributed by atoms with van der Waals surface area (Å²) in [6.45, 7) is 2.00. The Morgan fingerprint density at radius 3 is 2.61 bits per heavy atom. The van der Waals surface area contributed by atoms with Crippen molar-refractivity contribution in [1.29, 1.82) is 0 Å². The number of methoxy groups -OCH3 is 1. The summed E-state index contributed by atoms with van der Waals surface area (Å²) < 4.78 is 5.48. The zero-order valence-corrected chi connectivity index (χ0v) is 11.5. The molecule has 0 aliphatic rings. The molecule has 0 spiro atoms. The molecule has 0 atom stereocenters. The molecule has 2 rings (SSSR count). The Kier molecular flexibility index (Phi) is 3.78. The highest BCUT2D eigenvalue weighted by atomic mass is 35.5. The van der Waals surface area contributed by atoms with Gasteiger partial charge < -0.3 is 10.1 Å². The van der Waals surface area contributed by atoms with E-state index < -0.39 is 0 Å². The van der Waals surface area contributed by atoms with Gasteiger partial charge in [-0.1, -0.05) is 23.7 Å². The van der Waals surface area contributed by atoms with Crippen molar-refractivity contribution >= 4 is 17.3 Å². The maximum absolute atomic E-state index is 6.13. The average Bonchev–Trinajstić information content (AvgIpc) is 2.38. The minimum Gasteiger partial charge on any atom is -0.496 e. The Morgan fingerprint density at radius 1 is 1.17 bits per heavy atom. The minimum atomic E-state index is 0.721. The third kappa shape index (κ3) is 2.44. The number of aryl methyl sites for hydroxylation is 1. The third-order valence-electron chi connectivity index (χ3n) is 2.91. The van der Waals surface area contributed by atoms with E-state index in [-0.39, 0.29) is 0 Å². The summed E-state index contributed by atoms with van der Waals surface area (Å²) in [7, 11) is 3.58. The van der Waals surface area contributed by atoms with Crippen LogP contribution in [0.25, 0.3) is 11.1 Å². The lowest BCUT2D eigenvalue weighted by molar-refractivity contribution is 0.413. The van der Waals surface area contributed by atoms with Gasteiger partial charge in [-0.25, -0.2) is 0 Å². The largest absolute Gasteiger partial charge is 0.496 e. The lowest BCUT2D eigenvalue weighted by Crippen LogP contribution is -1.93. The number of benzene rings is 2.